The third-order valence-corrected chi connectivity index (χ3v) is 5.00. The zero-order chi connectivity index (χ0) is 18.2. The van der Waals surface area contributed by atoms with Crippen LogP contribution in [0.1, 0.15) is 30.0 Å². The second-order valence-corrected chi connectivity index (χ2v) is 6.59. The molecule has 0 saturated carbocycles. The quantitative estimate of drug-likeness (QED) is 0.717. The molecule has 3 rings (SSSR count). The molecule has 2 aromatic rings. The summed E-state index contributed by atoms with van der Waals surface area (Å²) in [4.78, 5) is 13.1. The van der Waals surface area contributed by atoms with Crippen LogP contribution in [0.2, 0.25) is 0 Å². The van der Waals surface area contributed by atoms with E-state index in [9.17, 15) is 4.79 Å². The molecular formula is C21H27N3O2. The molecule has 1 aliphatic rings. The average molecular weight is 353 g/mol. The van der Waals surface area contributed by atoms with Crippen LogP contribution in [0.5, 0.6) is 5.75 Å². The van der Waals surface area contributed by atoms with E-state index in [1.807, 2.05) is 24.3 Å². The molecule has 0 radical (unpaired) electrons. The van der Waals surface area contributed by atoms with Crippen molar-refractivity contribution in [2.24, 2.45) is 0 Å². The van der Waals surface area contributed by atoms with Crippen LogP contribution in [-0.2, 0) is 11.3 Å². The lowest BCUT2D eigenvalue weighted by Gasteiger charge is -2.42. The predicted octanol–water partition coefficient (Wildman–Crippen LogP) is 2.69. The summed E-state index contributed by atoms with van der Waals surface area (Å²) in [5, 5.41) is 6.56. The summed E-state index contributed by atoms with van der Waals surface area (Å²) in [6, 6.07) is 19.2. The van der Waals surface area contributed by atoms with E-state index in [2.05, 4.69) is 45.9 Å². The summed E-state index contributed by atoms with van der Waals surface area (Å²) >= 11 is 0. The van der Waals surface area contributed by atoms with E-state index >= 15 is 0 Å². The minimum Gasteiger partial charge on any atom is -0.496 e. The number of para-hydroxylation sites is 1. The topological polar surface area (TPSA) is 53.6 Å². The zero-order valence-electron chi connectivity index (χ0n) is 15.2. The van der Waals surface area contributed by atoms with Crippen LogP contribution in [0.25, 0.3) is 0 Å². The fraction of sp³-hybridized carbons (Fsp3) is 0.381. The molecule has 5 nitrogen and oxygen atoms in total. The Morgan fingerprint density at radius 3 is 2.69 bits per heavy atom. The number of piperidine rings is 1. The van der Waals surface area contributed by atoms with Gasteiger partial charge in [0.25, 0.3) is 0 Å². The summed E-state index contributed by atoms with van der Waals surface area (Å²) in [6.45, 7) is 2.30. The number of benzene rings is 2. The van der Waals surface area contributed by atoms with Crippen LogP contribution >= 0.6 is 0 Å². The molecule has 26 heavy (non-hydrogen) atoms. The minimum absolute atomic E-state index is 0.229. The standard InChI is InChI=1S/C21H27N3O2/c1-26-20-12-6-5-10-18(20)14-23-19-11-7-13-24(15-22-16-25)21(19)17-8-3-2-4-9-17/h2-6,8-10,12,16,19,21,23H,7,11,13-15H2,1H3,(H,22,25)/t19-,21-/m0/s1. The fourth-order valence-corrected chi connectivity index (χ4v) is 3.79. The first-order chi connectivity index (χ1) is 12.8. The Labute approximate surface area is 155 Å². The normalized spacial score (nSPS) is 20.5. The first kappa shape index (κ1) is 18.4. The molecule has 2 atom stereocenters. The smallest absolute Gasteiger partial charge is 0.208 e. The van der Waals surface area contributed by atoms with Crippen molar-refractivity contribution in [3.8, 4) is 5.75 Å². The van der Waals surface area contributed by atoms with Crippen molar-refractivity contribution in [2.45, 2.75) is 31.5 Å². The van der Waals surface area contributed by atoms with Gasteiger partial charge in [0.2, 0.25) is 6.41 Å². The first-order valence-electron chi connectivity index (χ1n) is 9.15. The monoisotopic (exact) mass is 353 g/mol. The van der Waals surface area contributed by atoms with Crippen molar-refractivity contribution in [2.75, 3.05) is 20.3 Å². The van der Waals surface area contributed by atoms with Gasteiger partial charge in [-0.2, -0.15) is 0 Å². The van der Waals surface area contributed by atoms with Crippen LogP contribution in [-0.4, -0.2) is 37.7 Å². The summed E-state index contributed by atoms with van der Waals surface area (Å²) in [6.07, 6.45) is 2.98. The third-order valence-electron chi connectivity index (χ3n) is 5.00. The Bertz CT molecular complexity index is 693. The molecule has 0 bridgehead atoms. The van der Waals surface area contributed by atoms with E-state index in [0.29, 0.717) is 12.7 Å². The third kappa shape index (κ3) is 4.42. The Hall–Kier alpha value is -2.37. The number of nitrogens with one attached hydrogen (secondary N) is 2. The van der Waals surface area contributed by atoms with E-state index in [-0.39, 0.29) is 6.04 Å². The van der Waals surface area contributed by atoms with Gasteiger partial charge in [0.05, 0.1) is 19.8 Å². The van der Waals surface area contributed by atoms with E-state index in [1.165, 1.54) is 5.56 Å². The van der Waals surface area contributed by atoms with Crippen molar-refractivity contribution in [3.05, 3.63) is 65.7 Å². The van der Waals surface area contributed by atoms with Crippen LogP contribution in [0, 0.1) is 0 Å². The Morgan fingerprint density at radius 2 is 1.92 bits per heavy atom. The Kier molecular flexibility index (Phi) is 6.63. The minimum atomic E-state index is 0.229. The molecule has 138 valence electrons. The van der Waals surface area contributed by atoms with Gasteiger partial charge in [-0.15, -0.1) is 0 Å². The highest BCUT2D eigenvalue weighted by Crippen LogP contribution is 2.31. The van der Waals surface area contributed by atoms with Gasteiger partial charge in [-0.3, -0.25) is 9.69 Å². The highest BCUT2D eigenvalue weighted by atomic mass is 16.5. The van der Waals surface area contributed by atoms with Gasteiger partial charge in [-0.25, -0.2) is 0 Å². The van der Waals surface area contributed by atoms with Crippen LogP contribution in [0.4, 0.5) is 0 Å². The molecule has 1 amide bonds. The maximum absolute atomic E-state index is 10.8. The van der Waals surface area contributed by atoms with Crippen molar-refractivity contribution in [1.29, 1.82) is 0 Å². The van der Waals surface area contributed by atoms with Crippen LogP contribution in [0.3, 0.4) is 0 Å². The number of rotatable bonds is 8. The Balaban J connectivity index is 1.77. The molecule has 0 aromatic heterocycles. The van der Waals surface area contributed by atoms with Gasteiger partial charge < -0.3 is 15.4 Å². The van der Waals surface area contributed by atoms with Crippen molar-refractivity contribution < 1.29 is 9.53 Å². The lowest BCUT2D eigenvalue weighted by atomic mass is 9.90. The van der Waals surface area contributed by atoms with E-state index in [4.69, 9.17) is 4.74 Å². The molecule has 1 fully saturated rings. The molecule has 0 aliphatic carbocycles. The summed E-state index contributed by atoms with van der Waals surface area (Å²) in [5.74, 6) is 0.909. The van der Waals surface area contributed by atoms with Crippen LogP contribution < -0.4 is 15.4 Å². The number of hydrogen-bond donors (Lipinski definition) is 2. The summed E-state index contributed by atoms with van der Waals surface area (Å²) < 4.78 is 5.47. The number of nitrogens with zero attached hydrogens (tertiary/aromatic N) is 1. The highest BCUT2D eigenvalue weighted by Gasteiger charge is 2.32. The Morgan fingerprint density at radius 1 is 1.15 bits per heavy atom. The fourth-order valence-electron chi connectivity index (χ4n) is 3.79. The molecule has 0 unspecified atom stereocenters. The number of hydrogen-bond acceptors (Lipinski definition) is 4. The average Bonchev–Trinajstić information content (AvgIpc) is 2.71. The number of likely N-dealkylation sites (tertiary alicyclic amines) is 1. The number of carbonyl (C=O) groups excluding carboxylic acids is 1. The number of carbonyl (C=O) groups is 1. The molecule has 5 heteroatoms. The SMILES string of the molecule is COc1ccccc1CN[C@H]1CCCN(CNC=O)[C@H]1c1ccccc1. The first-order valence-corrected chi connectivity index (χ1v) is 9.15. The lowest BCUT2D eigenvalue weighted by molar-refractivity contribution is -0.110. The van der Waals surface area contributed by atoms with E-state index in [1.54, 1.807) is 7.11 Å². The second kappa shape index (κ2) is 9.36. The van der Waals surface area contributed by atoms with Crippen molar-refractivity contribution >= 4 is 6.41 Å². The largest absolute Gasteiger partial charge is 0.496 e. The lowest BCUT2D eigenvalue weighted by Crippen LogP contribution is -2.50. The number of ether oxygens (including phenoxy) is 1. The van der Waals surface area contributed by atoms with E-state index in [0.717, 1.165) is 43.7 Å². The van der Waals surface area contributed by atoms with Gasteiger partial charge >= 0.3 is 0 Å². The maximum Gasteiger partial charge on any atom is 0.208 e. The molecule has 1 aliphatic heterocycles. The van der Waals surface area contributed by atoms with Gasteiger partial charge in [0.15, 0.2) is 0 Å². The molecular weight excluding hydrogens is 326 g/mol. The molecule has 0 spiro atoms. The van der Waals surface area contributed by atoms with Crippen molar-refractivity contribution in [1.82, 2.24) is 15.5 Å². The summed E-state index contributed by atoms with van der Waals surface area (Å²) in [5.41, 5.74) is 2.43. The maximum atomic E-state index is 10.8. The van der Waals surface area contributed by atoms with Gasteiger partial charge in [-0.1, -0.05) is 48.5 Å². The van der Waals surface area contributed by atoms with Gasteiger partial charge in [-0.05, 0) is 24.5 Å². The second-order valence-electron chi connectivity index (χ2n) is 6.59. The zero-order valence-corrected chi connectivity index (χ0v) is 15.2. The molecule has 2 N–H and O–H groups in total. The summed E-state index contributed by atoms with van der Waals surface area (Å²) in [7, 11) is 1.71. The number of methoxy groups -OCH3 is 1. The molecule has 1 heterocycles. The van der Waals surface area contributed by atoms with E-state index < -0.39 is 0 Å². The number of amides is 1. The molecule has 1 saturated heterocycles. The highest BCUT2D eigenvalue weighted by molar-refractivity contribution is 5.45. The molecule has 2 aromatic carbocycles. The van der Waals surface area contributed by atoms with Crippen LogP contribution in [0.15, 0.2) is 54.6 Å². The van der Waals surface area contributed by atoms with Gasteiger partial charge in [0.1, 0.15) is 5.75 Å². The van der Waals surface area contributed by atoms with Crippen molar-refractivity contribution in [3.63, 3.8) is 0 Å². The van der Waals surface area contributed by atoms with Gasteiger partial charge in [0, 0.05) is 24.7 Å². The predicted molar refractivity (Wildman–Crippen MR) is 103 cm³/mol.